The van der Waals surface area contributed by atoms with Crippen molar-refractivity contribution in [2.24, 2.45) is 5.73 Å². The van der Waals surface area contributed by atoms with Crippen molar-refractivity contribution in [3.05, 3.63) is 22.1 Å². The van der Waals surface area contributed by atoms with Crippen molar-refractivity contribution >= 4 is 5.82 Å². The number of aryl methyl sites for hydroxylation is 1. The molecule has 1 atom stereocenters. The van der Waals surface area contributed by atoms with E-state index in [0.717, 1.165) is 26.2 Å². The third-order valence-corrected chi connectivity index (χ3v) is 3.91. The summed E-state index contributed by atoms with van der Waals surface area (Å²) in [6.07, 6.45) is 1.32. The van der Waals surface area contributed by atoms with Crippen molar-refractivity contribution in [1.29, 1.82) is 0 Å². The van der Waals surface area contributed by atoms with E-state index in [2.05, 4.69) is 21.8 Å². The summed E-state index contributed by atoms with van der Waals surface area (Å²) >= 11 is 0. The number of nitrogens with zero attached hydrogens (tertiary/aromatic N) is 5. The molecule has 0 aromatic carbocycles. The molecule has 8 heteroatoms. The van der Waals surface area contributed by atoms with Gasteiger partial charge in [0.2, 0.25) is 0 Å². The molecule has 1 aliphatic rings. The van der Waals surface area contributed by atoms with Crippen molar-refractivity contribution in [2.75, 3.05) is 39.8 Å². The molecule has 0 aliphatic carbocycles. The van der Waals surface area contributed by atoms with Crippen LogP contribution in [0.3, 0.4) is 0 Å². The average molecular weight is 282 g/mol. The zero-order valence-electron chi connectivity index (χ0n) is 12.0. The summed E-state index contributed by atoms with van der Waals surface area (Å²) in [6, 6.07) is 0.316. The second-order valence-electron chi connectivity index (χ2n) is 5.26. The van der Waals surface area contributed by atoms with Gasteiger partial charge in [-0.15, -0.1) is 0 Å². The lowest BCUT2D eigenvalue weighted by molar-refractivity contribution is -0.392. The van der Waals surface area contributed by atoms with E-state index >= 15 is 0 Å². The van der Waals surface area contributed by atoms with Crippen LogP contribution in [0.1, 0.15) is 5.82 Å². The molecule has 112 valence electrons. The maximum absolute atomic E-state index is 11.0. The Morgan fingerprint density at radius 1 is 1.50 bits per heavy atom. The average Bonchev–Trinajstić information content (AvgIpc) is 2.78. The van der Waals surface area contributed by atoms with E-state index < -0.39 is 0 Å². The number of imidazole rings is 1. The maximum atomic E-state index is 11.0. The molecule has 2 N–H and O–H groups in total. The Morgan fingerprint density at radius 3 is 2.90 bits per heavy atom. The van der Waals surface area contributed by atoms with Crippen LogP contribution in [0.25, 0.3) is 0 Å². The number of rotatable bonds is 5. The molecule has 0 amide bonds. The van der Waals surface area contributed by atoms with Crippen LogP contribution >= 0.6 is 0 Å². The fourth-order valence-electron chi connectivity index (χ4n) is 2.67. The van der Waals surface area contributed by atoms with Crippen molar-refractivity contribution in [2.45, 2.75) is 19.5 Å². The number of piperazine rings is 1. The molecule has 0 saturated carbocycles. The standard InChI is InChI=1S/C12H22N6O2/c1-10-14-8-12(18(19)20)17(10)6-5-16-4-3-15(2)9-11(16)7-13/h8,11H,3-7,9,13H2,1-2H3. The van der Waals surface area contributed by atoms with Crippen LogP contribution in [0.2, 0.25) is 0 Å². The molecule has 1 fully saturated rings. The predicted octanol–water partition coefficient (Wildman–Crippen LogP) is -0.326. The van der Waals surface area contributed by atoms with E-state index in [9.17, 15) is 10.1 Å². The minimum atomic E-state index is -0.385. The van der Waals surface area contributed by atoms with Gasteiger partial charge in [0.05, 0.1) is 0 Å². The van der Waals surface area contributed by atoms with Crippen LogP contribution < -0.4 is 5.73 Å². The first kappa shape index (κ1) is 14.9. The minimum Gasteiger partial charge on any atom is -0.358 e. The van der Waals surface area contributed by atoms with Gasteiger partial charge in [0.15, 0.2) is 5.82 Å². The quantitative estimate of drug-likeness (QED) is 0.587. The highest BCUT2D eigenvalue weighted by atomic mass is 16.6. The molecular formula is C12H22N6O2. The number of hydrogen-bond acceptors (Lipinski definition) is 6. The van der Waals surface area contributed by atoms with Crippen LogP contribution in [0.15, 0.2) is 6.20 Å². The number of likely N-dealkylation sites (N-methyl/N-ethyl adjacent to an activating group) is 1. The van der Waals surface area contributed by atoms with Gasteiger partial charge in [0, 0.05) is 45.7 Å². The molecule has 1 saturated heterocycles. The van der Waals surface area contributed by atoms with Crippen molar-refractivity contribution in [1.82, 2.24) is 19.4 Å². The van der Waals surface area contributed by atoms with Gasteiger partial charge in [-0.05, 0) is 12.0 Å². The lowest BCUT2D eigenvalue weighted by Crippen LogP contribution is -2.55. The number of nitrogens with two attached hydrogens (primary N) is 1. The Hall–Kier alpha value is -1.51. The summed E-state index contributed by atoms with van der Waals surface area (Å²) in [5, 5.41) is 11.0. The summed E-state index contributed by atoms with van der Waals surface area (Å²) < 4.78 is 1.66. The first-order valence-corrected chi connectivity index (χ1v) is 6.82. The third kappa shape index (κ3) is 3.14. The van der Waals surface area contributed by atoms with Crippen LogP contribution in [-0.4, -0.2) is 70.1 Å². The summed E-state index contributed by atoms with van der Waals surface area (Å²) in [6.45, 7) is 6.62. The molecule has 1 aromatic rings. The van der Waals surface area contributed by atoms with Crippen LogP contribution in [0, 0.1) is 17.0 Å². The summed E-state index contributed by atoms with van der Waals surface area (Å²) in [7, 11) is 2.09. The lowest BCUT2D eigenvalue weighted by atomic mass is 10.1. The number of nitro groups is 1. The first-order valence-electron chi connectivity index (χ1n) is 6.82. The van der Waals surface area contributed by atoms with Crippen LogP contribution in [0.4, 0.5) is 5.82 Å². The normalized spacial score (nSPS) is 21.2. The van der Waals surface area contributed by atoms with Crippen molar-refractivity contribution in [3.63, 3.8) is 0 Å². The Morgan fingerprint density at radius 2 is 2.25 bits per heavy atom. The smallest absolute Gasteiger partial charge is 0.342 e. The van der Waals surface area contributed by atoms with Gasteiger partial charge in [-0.1, -0.05) is 0 Å². The van der Waals surface area contributed by atoms with Gasteiger partial charge in [0.25, 0.3) is 0 Å². The molecule has 1 aromatic heterocycles. The second kappa shape index (κ2) is 6.29. The van der Waals surface area contributed by atoms with Crippen LogP contribution in [0.5, 0.6) is 0 Å². The molecule has 20 heavy (non-hydrogen) atoms. The molecule has 1 aliphatic heterocycles. The molecule has 1 unspecified atom stereocenters. The van der Waals surface area contributed by atoms with Crippen molar-refractivity contribution < 1.29 is 4.92 Å². The van der Waals surface area contributed by atoms with Crippen LogP contribution in [-0.2, 0) is 6.54 Å². The fraction of sp³-hybridized carbons (Fsp3) is 0.750. The topological polar surface area (TPSA) is 93.5 Å². The fourth-order valence-corrected chi connectivity index (χ4v) is 2.67. The van der Waals surface area contributed by atoms with Crippen molar-refractivity contribution in [3.8, 4) is 0 Å². The zero-order valence-corrected chi connectivity index (χ0v) is 12.0. The molecule has 2 heterocycles. The largest absolute Gasteiger partial charge is 0.358 e. The maximum Gasteiger partial charge on any atom is 0.342 e. The molecule has 0 bridgehead atoms. The van der Waals surface area contributed by atoms with Gasteiger partial charge in [-0.3, -0.25) is 4.90 Å². The molecule has 2 rings (SSSR count). The SMILES string of the molecule is Cc1ncc([N+](=O)[O-])n1CCN1CCN(C)CC1CN. The highest BCUT2D eigenvalue weighted by Crippen LogP contribution is 2.14. The van der Waals surface area contributed by atoms with E-state index in [-0.39, 0.29) is 10.7 Å². The Kier molecular flexibility index (Phi) is 4.69. The van der Waals surface area contributed by atoms with E-state index in [4.69, 9.17) is 5.73 Å². The molecule has 0 radical (unpaired) electrons. The third-order valence-electron chi connectivity index (χ3n) is 3.91. The zero-order chi connectivity index (χ0) is 14.7. The summed E-state index contributed by atoms with van der Waals surface area (Å²) in [4.78, 5) is 19.2. The van der Waals surface area contributed by atoms with E-state index in [1.807, 2.05) is 0 Å². The summed E-state index contributed by atoms with van der Waals surface area (Å²) in [5.74, 6) is 0.732. The van der Waals surface area contributed by atoms with E-state index in [1.54, 1.807) is 11.5 Å². The Bertz CT molecular complexity index is 475. The Balaban J connectivity index is 2.01. The van der Waals surface area contributed by atoms with E-state index in [0.29, 0.717) is 25.0 Å². The van der Waals surface area contributed by atoms with Gasteiger partial charge < -0.3 is 20.7 Å². The predicted molar refractivity (Wildman–Crippen MR) is 75.5 cm³/mol. The van der Waals surface area contributed by atoms with Gasteiger partial charge in [0.1, 0.15) is 12.7 Å². The highest BCUT2D eigenvalue weighted by Gasteiger charge is 2.25. The second-order valence-corrected chi connectivity index (χ2v) is 5.26. The first-order chi connectivity index (χ1) is 9.52. The molecular weight excluding hydrogens is 260 g/mol. The van der Waals surface area contributed by atoms with Gasteiger partial charge in [-0.25, -0.2) is 9.55 Å². The molecule has 8 nitrogen and oxygen atoms in total. The Labute approximate surface area is 118 Å². The van der Waals surface area contributed by atoms with Gasteiger partial charge in [-0.2, -0.15) is 0 Å². The number of aromatic nitrogens is 2. The van der Waals surface area contributed by atoms with E-state index in [1.165, 1.54) is 6.20 Å². The molecule has 0 spiro atoms. The monoisotopic (exact) mass is 282 g/mol. The highest BCUT2D eigenvalue weighted by molar-refractivity contribution is 5.18. The van der Waals surface area contributed by atoms with Gasteiger partial charge >= 0.3 is 5.82 Å². The lowest BCUT2D eigenvalue weighted by Gasteiger charge is -2.39. The number of hydrogen-bond donors (Lipinski definition) is 1. The minimum absolute atomic E-state index is 0.0564. The summed E-state index contributed by atoms with van der Waals surface area (Å²) in [5.41, 5.74) is 5.82.